The topological polar surface area (TPSA) is 111 Å². The lowest BCUT2D eigenvalue weighted by Gasteiger charge is -2.13. The standard InChI is InChI=1S/C18H15F2N5O4/c1-28-11-4-6-14(15(8-11)29-2)24-18-16(25(26)27)17(21-9-22-18)23-10-3-5-12(19)13(20)7-10/h3-9H,1-2H3,(H2,21,22,23,24). The van der Waals surface area contributed by atoms with Gasteiger partial charge < -0.3 is 20.1 Å². The molecule has 0 amide bonds. The summed E-state index contributed by atoms with van der Waals surface area (Å²) in [4.78, 5) is 18.7. The summed E-state index contributed by atoms with van der Waals surface area (Å²) in [5, 5.41) is 17.1. The maximum absolute atomic E-state index is 13.4. The van der Waals surface area contributed by atoms with Gasteiger partial charge in [-0.2, -0.15) is 0 Å². The van der Waals surface area contributed by atoms with Gasteiger partial charge in [0, 0.05) is 17.8 Å². The van der Waals surface area contributed by atoms with Crippen molar-refractivity contribution in [2.45, 2.75) is 0 Å². The molecule has 2 N–H and O–H groups in total. The molecule has 0 atom stereocenters. The van der Waals surface area contributed by atoms with E-state index in [1.54, 1.807) is 18.2 Å². The van der Waals surface area contributed by atoms with Crippen molar-refractivity contribution in [1.82, 2.24) is 9.97 Å². The molecule has 1 aromatic heterocycles. The van der Waals surface area contributed by atoms with Crippen LogP contribution in [0.3, 0.4) is 0 Å². The molecule has 0 unspecified atom stereocenters. The van der Waals surface area contributed by atoms with E-state index in [4.69, 9.17) is 9.47 Å². The van der Waals surface area contributed by atoms with Crippen molar-refractivity contribution in [3.63, 3.8) is 0 Å². The van der Waals surface area contributed by atoms with E-state index in [-0.39, 0.29) is 17.3 Å². The van der Waals surface area contributed by atoms with Crippen LogP contribution < -0.4 is 20.1 Å². The number of nitrogens with zero attached hydrogens (tertiary/aromatic N) is 3. The lowest BCUT2D eigenvalue weighted by Crippen LogP contribution is -2.06. The summed E-state index contributed by atoms with van der Waals surface area (Å²) in [6, 6.07) is 7.82. The zero-order valence-corrected chi connectivity index (χ0v) is 15.3. The lowest BCUT2D eigenvalue weighted by atomic mass is 10.2. The van der Waals surface area contributed by atoms with Gasteiger partial charge in [0.25, 0.3) is 0 Å². The highest BCUT2D eigenvalue weighted by Crippen LogP contribution is 2.36. The second-order valence-corrected chi connectivity index (χ2v) is 5.62. The van der Waals surface area contributed by atoms with Crippen LogP contribution in [0, 0.1) is 21.7 Å². The number of nitrogens with one attached hydrogen (secondary N) is 2. The molecule has 1 heterocycles. The Hall–Kier alpha value is -4.02. The fourth-order valence-corrected chi connectivity index (χ4v) is 2.47. The average molecular weight is 403 g/mol. The Balaban J connectivity index is 1.99. The molecule has 0 aliphatic rings. The number of halogens is 2. The molecule has 150 valence electrons. The third-order valence-corrected chi connectivity index (χ3v) is 3.85. The van der Waals surface area contributed by atoms with Crippen LogP contribution in [0.15, 0.2) is 42.7 Å². The van der Waals surface area contributed by atoms with Crippen LogP contribution in [-0.4, -0.2) is 29.1 Å². The van der Waals surface area contributed by atoms with E-state index in [1.807, 2.05) is 0 Å². The number of benzene rings is 2. The van der Waals surface area contributed by atoms with Gasteiger partial charge in [0.05, 0.1) is 24.8 Å². The molecule has 0 aliphatic carbocycles. The van der Waals surface area contributed by atoms with E-state index in [0.29, 0.717) is 17.2 Å². The minimum absolute atomic E-state index is 0.0821. The summed E-state index contributed by atoms with van der Waals surface area (Å²) in [6.07, 6.45) is 1.09. The summed E-state index contributed by atoms with van der Waals surface area (Å²) in [7, 11) is 2.93. The van der Waals surface area contributed by atoms with E-state index in [0.717, 1.165) is 18.5 Å². The van der Waals surface area contributed by atoms with Gasteiger partial charge in [0.1, 0.15) is 17.8 Å². The number of hydrogen-bond donors (Lipinski definition) is 2. The first kappa shape index (κ1) is 19.7. The van der Waals surface area contributed by atoms with Crippen molar-refractivity contribution < 1.29 is 23.2 Å². The van der Waals surface area contributed by atoms with Gasteiger partial charge in [0.2, 0.25) is 11.6 Å². The Bertz CT molecular complexity index is 1060. The largest absolute Gasteiger partial charge is 0.497 e. The molecule has 11 heteroatoms. The second-order valence-electron chi connectivity index (χ2n) is 5.62. The summed E-state index contributed by atoms with van der Waals surface area (Å²) >= 11 is 0. The quantitative estimate of drug-likeness (QED) is 0.447. The molecular formula is C18H15F2N5O4. The second kappa shape index (κ2) is 8.33. The molecule has 0 fully saturated rings. The maximum Gasteiger partial charge on any atom is 0.353 e. The zero-order valence-electron chi connectivity index (χ0n) is 15.3. The van der Waals surface area contributed by atoms with E-state index in [1.165, 1.54) is 20.3 Å². The summed E-state index contributed by atoms with van der Waals surface area (Å²) in [5.41, 5.74) is -0.0114. The molecule has 0 saturated carbocycles. The van der Waals surface area contributed by atoms with Crippen molar-refractivity contribution >= 4 is 28.7 Å². The summed E-state index contributed by atoms with van der Waals surface area (Å²) in [5.74, 6) is -1.57. The van der Waals surface area contributed by atoms with Gasteiger partial charge in [-0.3, -0.25) is 10.1 Å². The molecule has 0 saturated heterocycles. The van der Waals surface area contributed by atoms with Crippen molar-refractivity contribution in [3.05, 3.63) is 64.5 Å². The van der Waals surface area contributed by atoms with Gasteiger partial charge in [-0.05, 0) is 24.3 Å². The van der Waals surface area contributed by atoms with Gasteiger partial charge in [-0.15, -0.1) is 0 Å². The molecule has 0 bridgehead atoms. The number of anilines is 4. The molecule has 3 rings (SSSR count). The Morgan fingerprint density at radius 3 is 2.31 bits per heavy atom. The molecule has 0 radical (unpaired) electrons. The number of ether oxygens (including phenoxy) is 2. The highest BCUT2D eigenvalue weighted by atomic mass is 19.2. The minimum atomic E-state index is -1.10. The minimum Gasteiger partial charge on any atom is -0.497 e. The number of nitro groups is 1. The normalized spacial score (nSPS) is 10.3. The van der Waals surface area contributed by atoms with E-state index in [2.05, 4.69) is 20.6 Å². The van der Waals surface area contributed by atoms with Crippen molar-refractivity contribution in [3.8, 4) is 11.5 Å². The molecular weight excluding hydrogens is 388 g/mol. The predicted octanol–water partition coefficient (Wildman–Crippen LogP) is 4.17. The Morgan fingerprint density at radius 2 is 1.69 bits per heavy atom. The maximum atomic E-state index is 13.4. The lowest BCUT2D eigenvalue weighted by molar-refractivity contribution is -0.383. The van der Waals surface area contributed by atoms with E-state index < -0.39 is 22.2 Å². The van der Waals surface area contributed by atoms with Crippen LogP contribution in [0.4, 0.5) is 37.5 Å². The highest BCUT2D eigenvalue weighted by molar-refractivity contribution is 5.78. The first-order valence-corrected chi connectivity index (χ1v) is 8.13. The van der Waals surface area contributed by atoms with Crippen molar-refractivity contribution in [2.75, 3.05) is 24.9 Å². The Labute approximate surface area is 163 Å². The van der Waals surface area contributed by atoms with Gasteiger partial charge in [0.15, 0.2) is 11.6 Å². The van der Waals surface area contributed by atoms with Gasteiger partial charge in [-0.1, -0.05) is 0 Å². The number of rotatable bonds is 7. The van der Waals surface area contributed by atoms with E-state index in [9.17, 15) is 18.9 Å². The summed E-state index contributed by atoms with van der Waals surface area (Å²) in [6.45, 7) is 0. The molecule has 9 nitrogen and oxygen atoms in total. The van der Waals surface area contributed by atoms with Crippen LogP contribution in [0.2, 0.25) is 0 Å². The smallest absolute Gasteiger partial charge is 0.353 e. The Kier molecular flexibility index (Phi) is 5.67. The van der Waals surface area contributed by atoms with Crippen LogP contribution in [0.25, 0.3) is 0 Å². The number of hydrogen-bond acceptors (Lipinski definition) is 8. The van der Waals surface area contributed by atoms with Crippen molar-refractivity contribution in [1.29, 1.82) is 0 Å². The zero-order chi connectivity index (χ0) is 21.0. The van der Waals surface area contributed by atoms with Crippen LogP contribution in [0.1, 0.15) is 0 Å². The van der Waals surface area contributed by atoms with Crippen LogP contribution >= 0.6 is 0 Å². The molecule has 3 aromatic rings. The van der Waals surface area contributed by atoms with Crippen LogP contribution in [0.5, 0.6) is 11.5 Å². The molecule has 29 heavy (non-hydrogen) atoms. The SMILES string of the molecule is COc1ccc(Nc2ncnc(Nc3ccc(F)c(F)c3)c2[N+](=O)[O-])c(OC)c1. The average Bonchev–Trinajstić information content (AvgIpc) is 2.71. The van der Waals surface area contributed by atoms with E-state index >= 15 is 0 Å². The first-order valence-electron chi connectivity index (χ1n) is 8.13. The monoisotopic (exact) mass is 403 g/mol. The number of methoxy groups -OCH3 is 2. The summed E-state index contributed by atoms with van der Waals surface area (Å²) < 4.78 is 36.9. The molecule has 0 spiro atoms. The Morgan fingerprint density at radius 1 is 0.966 bits per heavy atom. The molecule has 0 aliphatic heterocycles. The van der Waals surface area contributed by atoms with Crippen LogP contribution in [-0.2, 0) is 0 Å². The number of aromatic nitrogens is 2. The van der Waals surface area contributed by atoms with Gasteiger partial charge in [-0.25, -0.2) is 18.7 Å². The predicted molar refractivity (Wildman–Crippen MR) is 101 cm³/mol. The molecule has 2 aromatic carbocycles. The third kappa shape index (κ3) is 4.29. The third-order valence-electron chi connectivity index (χ3n) is 3.85. The fourth-order valence-electron chi connectivity index (χ4n) is 2.47. The van der Waals surface area contributed by atoms with Gasteiger partial charge >= 0.3 is 5.69 Å². The first-order chi connectivity index (χ1) is 13.9. The highest BCUT2D eigenvalue weighted by Gasteiger charge is 2.24. The van der Waals surface area contributed by atoms with Crippen molar-refractivity contribution in [2.24, 2.45) is 0 Å². The fraction of sp³-hybridized carbons (Fsp3) is 0.111.